The van der Waals surface area contributed by atoms with Gasteiger partial charge in [0.25, 0.3) is 5.91 Å². The minimum absolute atomic E-state index is 0.115. The summed E-state index contributed by atoms with van der Waals surface area (Å²) in [5.74, 6) is 2.01. The Kier molecular flexibility index (Phi) is 7.14. The second kappa shape index (κ2) is 9.57. The third kappa shape index (κ3) is 5.71. The third-order valence-corrected chi connectivity index (χ3v) is 3.81. The minimum Gasteiger partial charge on any atom is -0.493 e. The SMILES string of the molecule is COc1ccc(CCCNC(=O)C(C)Oc2ccccc2)cc1OC. The van der Waals surface area contributed by atoms with Gasteiger partial charge in [-0.2, -0.15) is 0 Å². The number of nitrogens with one attached hydrogen (secondary N) is 1. The molecule has 0 bridgehead atoms. The first-order valence-electron chi connectivity index (χ1n) is 8.34. The van der Waals surface area contributed by atoms with E-state index in [4.69, 9.17) is 14.2 Å². The van der Waals surface area contributed by atoms with Gasteiger partial charge in [0.05, 0.1) is 14.2 Å². The third-order valence-electron chi connectivity index (χ3n) is 3.81. The zero-order chi connectivity index (χ0) is 18.1. The van der Waals surface area contributed by atoms with Crippen molar-refractivity contribution < 1.29 is 19.0 Å². The highest BCUT2D eigenvalue weighted by Crippen LogP contribution is 2.27. The number of aryl methyl sites for hydroxylation is 1. The molecule has 0 aromatic heterocycles. The van der Waals surface area contributed by atoms with E-state index < -0.39 is 6.10 Å². The Balaban J connectivity index is 1.74. The first-order chi connectivity index (χ1) is 12.1. The molecule has 1 atom stereocenters. The lowest BCUT2D eigenvalue weighted by Gasteiger charge is -2.14. The molecule has 5 nitrogen and oxygen atoms in total. The highest BCUT2D eigenvalue weighted by atomic mass is 16.5. The molecular weight excluding hydrogens is 318 g/mol. The molecule has 1 unspecified atom stereocenters. The van der Waals surface area contributed by atoms with Crippen LogP contribution in [0.15, 0.2) is 48.5 Å². The molecule has 0 saturated carbocycles. The predicted octanol–water partition coefficient (Wildman–Crippen LogP) is 3.22. The van der Waals surface area contributed by atoms with Gasteiger partial charge in [0.1, 0.15) is 5.75 Å². The van der Waals surface area contributed by atoms with Crippen molar-refractivity contribution in [3.63, 3.8) is 0 Å². The van der Waals surface area contributed by atoms with Crippen molar-refractivity contribution in [2.75, 3.05) is 20.8 Å². The Morgan fingerprint density at radius 3 is 2.44 bits per heavy atom. The van der Waals surface area contributed by atoms with Gasteiger partial charge in [0.2, 0.25) is 0 Å². The fraction of sp³-hybridized carbons (Fsp3) is 0.350. The van der Waals surface area contributed by atoms with Crippen LogP contribution in [0, 0.1) is 0 Å². The van der Waals surface area contributed by atoms with Crippen LogP contribution in [0.1, 0.15) is 18.9 Å². The van der Waals surface area contributed by atoms with E-state index in [1.54, 1.807) is 21.1 Å². The number of carbonyl (C=O) groups excluding carboxylic acids is 1. The molecule has 25 heavy (non-hydrogen) atoms. The van der Waals surface area contributed by atoms with Crippen molar-refractivity contribution in [2.24, 2.45) is 0 Å². The summed E-state index contributed by atoms with van der Waals surface area (Å²) in [6.07, 6.45) is 1.15. The maximum atomic E-state index is 12.1. The van der Waals surface area contributed by atoms with Crippen molar-refractivity contribution in [1.82, 2.24) is 5.32 Å². The number of hydrogen-bond acceptors (Lipinski definition) is 4. The average Bonchev–Trinajstić information content (AvgIpc) is 2.65. The molecule has 2 rings (SSSR count). The van der Waals surface area contributed by atoms with Crippen molar-refractivity contribution in [1.29, 1.82) is 0 Å². The number of carbonyl (C=O) groups is 1. The summed E-state index contributed by atoms with van der Waals surface area (Å²) in [6, 6.07) is 15.2. The lowest BCUT2D eigenvalue weighted by Crippen LogP contribution is -2.36. The maximum Gasteiger partial charge on any atom is 0.260 e. The molecule has 2 aromatic carbocycles. The zero-order valence-electron chi connectivity index (χ0n) is 15.0. The number of para-hydroxylation sites is 1. The van der Waals surface area contributed by atoms with Crippen LogP contribution in [-0.4, -0.2) is 32.8 Å². The number of benzene rings is 2. The molecule has 0 spiro atoms. The molecule has 0 heterocycles. The van der Waals surface area contributed by atoms with Gasteiger partial charge in [-0.1, -0.05) is 24.3 Å². The number of ether oxygens (including phenoxy) is 3. The molecule has 0 aliphatic carbocycles. The first-order valence-corrected chi connectivity index (χ1v) is 8.34. The van der Waals surface area contributed by atoms with E-state index in [1.807, 2.05) is 48.5 Å². The lowest BCUT2D eigenvalue weighted by molar-refractivity contribution is -0.127. The van der Waals surface area contributed by atoms with E-state index >= 15 is 0 Å². The topological polar surface area (TPSA) is 56.8 Å². The van der Waals surface area contributed by atoms with E-state index in [2.05, 4.69) is 5.32 Å². The lowest BCUT2D eigenvalue weighted by atomic mass is 10.1. The summed E-state index contributed by atoms with van der Waals surface area (Å²) in [5, 5.41) is 2.90. The standard InChI is InChI=1S/C20H25NO4/c1-15(25-17-9-5-4-6-10-17)20(22)21-13-7-8-16-11-12-18(23-2)19(14-16)24-3/h4-6,9-12,14-15H,7-8,13H2,1-3H3,(H,21,22). The van der Waals surface area contributed by atoms with Crippen LogP contribution < -0.4 is 19.5 Å². The molecule has 5 heteroatoms. The summed E-state index contributed by atoms with van der Waals surface area (Å²) < 4.78 is 16.1. The molecule has 0 saturated heterocycles. The van der Waals surface area contributed by atoms with Crippen molar-refractivity contribution in [3.8, 4) is 17.2 Å². The Bertz CT molecular complexity index is 673. The van der Waals surface area contributed by atoms with Gasteiger partial charge in [-0.15, -0.1) is 0 Å². The smallest absolute Gasteiger partial charge is 0.260 e. The second-order valence-corrected chi connectivity index (χ2v) is 5.66. The molecular formula is C20H25NO4. The Morgan fingerprint density at radius 1 is 1.04 bits per heavy atom. The number of hydrogen-bond donors (Lipinski definition) is 1. The zero-order valence-corrected chi connectivity index (χ0v) is 15.0. The molecule has 0 fully saturated rings. The monoisotopic (exact) mass is 343 g/mol. The van der Waals surface area contributed by atoms with Crippen molar-refractivity contribution >= 4 is 5.91 Å². The summed E-state index contributed by atoms with van der Waals surface area (Å²) in [5.41, 5.74) is 1.14. The maximum absolute atomic E-state index is 12.1. The van der Waals surface area contributed by atoms with Crippen LogP contribution in [0.25, 0.3) is 0 Å². The Hall–Kier alpha value is -2.69. The summed E-state index contributed by atoms with van der Waals surface area (Å²) >= 11 is 0. The van der Waals surface area contributed by atoms with E-state index in [9.17, 15) is 4.79 Å². The van der Waals surface area contributed by atoms with Gasteiger partial charge < -0.3 is 19.5 Å². The fourth-order valence-corrected chi connectivity index (χ4v) is 2.44. The normalized spacial score (nSPS) is 11.5. The molecule has 134 valence electrons. The van der Waals surface area contributed by atoms with Gasteiger partial charge in [0.15, 0.2) is 17.6 Å². The van der Waals surface area contributed by atoms with Crippen LogP contribution in [0.2, 0.25) is 0 Å². The van der Waals surface area contributed by atoms with Gasteiger partial charge in [-0.25, -0.2) is 0 Å². The number of rotatable bonds is 9. The Morgan fingerprint density at radius 2 is 1.76 bits per heavy atom. The minimum atomic E-state index is -0.525. The van der Waals surface area contributed by atoms with Gasteiger partial charge in [-0.05, 0) is 49.6 Å². The average molecular weight is 343 g/mol. The highest BCUT2D eigenvalue weighted by molar-refractivity contribution is 5.80. The Labute approximate surface area is 148 Å². The molecule has 0 aliphatic heterocycles. The number of amides is 1. The summed E-state index contributed by atoms with van der Waals surface area (Å²) in [6.45, 7) is 2.34. The van der Waals surface area contributed by atoms with Crippen LogP contribution in [0.4, 0.5) is 0 Å². The van der Waals surface area contributed by atoms with E-state index in [1.165, 1.54) is 0 Å². The van der Waals surface area contributed by atoms with E-state index in [0.717, 1.165) is 18.4 Å². The molecule has 1 amide bonds. The largest absolute Gasteiger partial charge is 0.493 e. The van der Waals surface area contributed by atoms with Gasteiger partial charge >= 0.3 is 0 Å². The second-order valence-electron chi connectivity index (χ2n) is 5.66. The quantitative estimate of drug-likeness (QED) is 0.710. The highest BCUT2D eigenvalue weighted by Gasteiger charge is 2.13. The van der Waals surface area contributed by atoms with Crippen LogP contribution in [0.3, 0.4) is 0 Å². The van der Waals surface area contributed by atoms with Crippen LogP contribution >= 0.6 is 0 Å². The summed E-state index contributed by atoms with van der Waals surface area (Å²) in [4.78, 5) is 12.1. The van der Waals surface area contributed by atoms with E-state index in [0.29, 0.717) is 23.8 Å². The molecule has 1 N–H and O–H groups in total. The van der Waals surface area contributed by atoms with Crippen LogP contribution in [0.5, 0.6) is 17.2 Å². The fourth-order valence-electron chi connectivity index (χ4n) is 2.44. The molecule has 2 aromatic rings. The summed E-state index contributed by atoms with van der Waals surface area (Å²) in [7, 11) is 3.24. The van der Waals surface area contributed by atoms with Gasteiger partial charge in [-0.3, -0.25) is 4.79 Å². The van der Waals surface area contributed by atoms with E-state index in [-0.39, 0.29) is 5.91 Å². The first kappa shape index (κ1) is 18.6. The molecule has 0 radical (unpaired) electrons. The van der Waals surface area contributed by atoms with Crippen LogP contribution in [-0.2, 0) is 11.2 Å². The predicted molar refractivity (Wildman–Crippen MR) is 97.4 cm³/mol. The molecule has 0 aliphatic rings. The number of methoxy groups -OCH3 is 2. The van der Waals surface area contributed by atoms with Crippen molar-refractivity contribution in [3.05, 3.63) is 54.1 Å². The van der Waals surface area contributed by atoms with Gasteiger partial charge in [0, 0.05) is 6.54 Å². The van der Waals surface area contributed by atoms with Crippen molar-refractivity contribution in [2.45, 2.75) is 25.9 Å².